The van der Waals surface area contributed by atoms with E-state index in [2.05, 4.69) is 25.8 Å². The van der Waals surface area contributed by atoms with Gasteiger partial charge in [-0.05, 0) is 37.8 Å². The van der Waals surface area contributed by atoms with Gasteiger partial charge in [-0.1, -0.05) is 39.0 Å². The van der Waals surface area contributed by atoms with Crippen LogP contribution in [-0.4, -0.2) is 6.21 Å². The number of aliphatic imine (C=N–C) groups is 1. The maximum absolute atomic E-state index is 4.49. The Labute approximate surface area is 94.3 Å². The van der Waals surface area contributed by atoms with Crippen LogP contribution in [0, 0.1) is 5.41 Å². The molecule has 0 aromatic carbocycles. The Kier molecular flexibility index (Phi) is 6.68. The second kappa shape index (κ2) is 7.22. The van der Waals surface area contributed by atoms with E-state index in [1.165, 1.54) is 0 Å². The third-order valence-electron chi connectivity index (χ3n) is 2.27. The SMILES string of the molecule is C\C=C/C=C(\C=C/C)/N=C/C(C)(C)CC. The maximum atomic E-state index is 4.49. The third kappa shape index (κ3) is 6.89. The average molecular weight is 205 g/mol. The first-order valence-electron chi connectivity index (χ1n) is 5.56. The van der Waals surface area contributed by atoms with E-state index in [1.807, 2.05) is 50.4 Å². The first-order chi connectivity index (χ1) is 7.05. The van der Waals surface area contributed by atoms with Crippen LogP contribution in [0.1, 0.15) is 41.0 Å². The van der Waals surface area contributed by atoms with Gasteiger partial charge < -0.3 is 0 Å². The van der Waals surface area contributed by atoms with Crippen molar-refractivity contribution in [2.24, 2.45) is 10.4 Å². The molecule has 0 aromatic heterocycles. The molecular formula is C14H23N. The average Bonchev–Trinajstić information content (AvgIpc) is 2.22. The van der Waals surface area contributed by atoms with Crippen LogP contribution in [0.4, 0.5) is 0 Å². The van der Waals surface area contributed by atoms with Crippen molar-refractivity contribution < 1.29 is 0 Å². The molecule has 0 aliphatic carbocycles. The molecule has 0 N–H and O–H groups in total. The predicted molar refractivity (Wildman–Crippen MR) is 70.3 cm³/mol. The summed E-state index contributed by atoms with van der Waals surface area (Å²) >= 11 is 0. The van der Waals surface area contributed by atoms with Crippen LogP contribution < -0.4 is 0 Å². The molecule has 0 radical (unpaired) electrons. The summed E-state index contributed by atoms with van der Waals surface area (Å²) in [5, 5.41) is 0. The quantitative estimate of drug-likeness (QED) is 0.462. The van der Waals surface area contributed by atoms with Gasteiger partial charge in [-0.3, -0.25) is 4.99 Å². The van der Waals surface area contributed by atoms with Crippen molar-refractivity contribution in [3.05, 3.63) is 36.1 Å². The normalized spacial score (nSPS) is 14.9. The summed E-state index contributed by atoms with van der Waals surface area (Å²) in [4.78, 5) is 4.49. The topological polar surface area (TPSA) is 12.4 Å². The summed E-state index contributed by atoms with van der Waals surface area (Å²) in [6.07, 6.45) is 13.2. The monoisotopic (exact) mass is 205 g/mol. The second-order valence-electron chi connectivity index (χ2n) is 4.22. The molecular weight excluding hydrogens is 182 g/mol. The van der Waals surface area contributed by atoms with Gasteiger partial charge in [0.05, 0.1) is 5.70 Å². The zero-order valence-corrected chi connectivity index (χ0v) is 10.6. The first kappa shape index (κ1) is 13.9. The minimum atomic E-state index is 0.177. The van der Waals surface area contributed by atoms with Crippen LogP contribution in [0.3, 0.4) is 0 Å². The molecule has 0 aliphatic rings. The molecule has 0 rings (SSSR count). The smallest absolute Gasteiger partial charge is 0.0622 e. The fourth-order valence-electron chi connectivity index (χ4n) is 0.848. The highest BCUT2D eigenvalue weighted by atomic mass is 14.7. The molecule has 15 heavy (non-hydrogen) atoms. The van der Waals surface area contributed by atoms with Crippen molar-refractivity contribution >= 4 is 6.21 Å². The Morgan fingerprint density at radius 2 is 1.87 bits per heavy atom. The lowest BCUT2D eigenvalue weighted by Gasteiger charge is -2.15. The standard InChI is InChI=1S/C14H23N/c1-6-9-11-13(10-7-2)15-12-14(4,5)8-3/h6-7,9-12H,8H2,1-5H3/b9-6-,10-7-,13-11+,15-12+. The van der Waals surface area contributed by atoms with Crippen molar-refractivity contribution in [2.45, 2.75) is 41.0 Å². The van der Waals surface area contributed by atoms with E-state index in [0.29, 0.717) is 0 Å². The second-order valence-corrected chi connectivity index (χ2v) is 4.22. The first-order valence-corrected chi connectivity index (χ1v) is 5.56. The Morgan fingerprint density at radius 3 is 2.33 bits per heavy atom. The highest BCUT2D eigenvalue weighted by Gasteiger charge is 2.10. The molecule has 0 saturated heterocycles. The van der Waals surface area contributed by atoms with Gasteiger partial charge in [0.2, 0.25) is 0 Å². The van der Waals surface area contributed by atoms with Crippen molar-refractivity contribution in [3.63, 3.8) is 0 Å². The predicted octanol–water partition coefficient (Wildman–Crippen LogP) is 4.53. The van der Waals surface area contributed by atoms with Gasteiger partial charge in [-0.15, -0.1) is 0 Å². The number of hydrogen-bond acceptors (Lipinski definition) is 1. The van der Waals surface area contributed by atoms with Crippen LogP contribution in [0.25, 0.3) is 0 Å². The summed E-state index contributed by atoms with van der Waals surface area (Å²) in [5.74, 6) is 0. The molecule has 84 valence electrons. The summed E-state index contributed by atoms with van der Waals surface area (Å²) in [6.45, 7) is 10.6. The number of nitrogens with zero attached hydrogens (tertiary/aromatic N) is 1. The van der Waals surface area contributed by atoms with Crippen molar-refractivity contribution in [1.29, 1.82) is 0 Å². The molecule has 0 heterocycles. The lowest BCUT2D eigenvalue weighted by Crippen LogP contribution is -2.10. The van der Waals surface area contributed by atoms with Gasteiger partial charge >= 0.3 is 0 Å². The van der Waals surface area contributed by atoms with Crippen molar-refractivity contribution in [3.8, 4) is 0 Å². The van der Waals surface area contributed by atoms with Gasteiger partial charge in [0.25, 0.3) is 0 Å². The Morgan fingerprint density at radius 1 is 1.20 bits per heavy atom. The molecule has 0 saturated carbocycles. The zero-order chi connectivity index (χ0) is 11.7. The molecule has 1 heteroatoms. The fourth-order valence-corrected chi connectivity index (χ4v) is 0.848. The van der Waals surface area contributed by atoms with Gasteiger partial charge in [-0.2, -0.15) is 0 Å². The summed E-state index contributed by atoms with van der Waals surface area (Å²) in [7, 11) is 0. The number of hydrogen-bond donors (Lipinski definition) is 0. The van der Waals surface area contributed by atoms with Gasteiger partial charge in [0, 0.05) is 6.21 Å². The Bertz CT molecular complexity index is 278. The molecule has 0 fully saturated rings. The van der Waals surface area contributed by atoms with Crippen LogP contribution >= 0.6 is 0 Å². The van der Waals surface area contributed by atoms with Gasteiger partial charge in [-0.25, -0.2) is 0 Å². The maximum Gasteiger partial charge on any atom is 0.0622 e. The van der Waals surface area contributed by atoms with E-state index in [1.54, 1.807) is 0 Å². The van der Waals surface area contributed by atoms with Crippen LogP contribution in [-0.2, 0) is 0 Å². The molecule has 0 aromatic rings. The van der Waals surface area contributed by atoms with Gasteiger partial charge in [0.15, 0.2) is 0 Å². The van der Waals surface area contributed by atoms with E-state index >= 15 is 0 Å². The Balaban J connectivity index is 4.69. The molecule has 0 unspecified atom stereocenters. The van der Waals surface area contributed by atoms with Crippen molar-refractivity contribution in [1.82, 2.24) is 0 Å². The highest BCUT2D eigenvalue weighted by Crippen LogP contribution is 2.17. The molecule has 1 nitrogen and oxygen atoms in total. The Hall–Kier alpha value is -1.11. The highest BCUT2D eigenvalue weighted by molar-refractivity contribution is 5.66. The van der Waals surface area contributed by atoms with Crippen molar-refractivity contribution in [2.75, 3.05) is 0 Å². The number of allylic oxidation sites excluding steroid dienone is 5. The van der Waals surface area contributed by atoms with Crippen LogP contribution in [0.15, 0.2) is 41.1 Å². The van der Waals surface area contributed by atoms with E-state index in [4.69, 9.17) is 0 Å². The lowest BCUT2D eigenvalue weighted by atomic mass is 9.92. The largest absolute Gasteiger partial charge is 0.261 e. The van der Waals surface area contributed by atoms with Crippen LogP contribution in [0.2, 0.25) is 0 Å². The van der Waals surface area contributed by atoms with E-state index in [9.17, 15) is 0 Å². The van der Waals surface area contributed by atoms with E-state index in [0.717, 1.165) is 12.1 Å². The molecule has 0 bridgehead atoms. The third-order valence-corrected chi connectivity index (χ3v) is 2.27. The number of rotatable bonds is 5. The summed E-state index contributed by atoms with van der Waals surface area (Å²) < 4.78 is 0. The molecule has 0 atom stereocenters. The van der Waals surface area contributed by atoms with E-state index < -0.39 is 0 Å². The molecule has 0 aliphatic heterocycles. The summed E-state index contributed by atoms with van der Waals surface area (Å²) in [5.41, 5.74) is 1.17. The van der Waals surface area contributed by atoms with E-state index in [-0.39, 0.29) is 5.41 Å². The van der Waals surface area contributed by atoms with Crippen LogP contribution in [0.5, 0.6) is 0 Å². The lowest BCUT2D eigenvalue weighted by molar-refractivity contribution is 0.515. The fraction of sp³-hybridized carbons (Fsp3) is 0.500. The minimum absolute atomic E-state index is 0.177. The zero-order valence-electron chi connectivity index (χ0n) is 10.6. The molecule has 0 spiro atoms. The van der Waals surface area contributed by atoms with Gasteiger partial charge in [0.1, 0.15) is 0 Å². The summed E-state index contributed by atoms with van der Waals surface area (Å²) in [6, 6.07) is 0. The molecule has 0 amide bonds. The minimum Gasteiger partial charge on any atom is -0.261 e.